The summed E-state index contributed by atoms with van der Waals surface area (Å²) in [5, 5.41) is 11.4. The van der Waals surface area contributed by atoms with Gasteiger partial charge in [0.2, 0.25) is 0 Å². The molecule has 0 aliphatic carbocycles. The Bertz CT molecular complexity index is 228. The number of hydrogen-bond donors (Lipinski definition) is 0. The number of hydrogen-bond acceptors (Lipinski definition) is 0. The van der Waals surface area contributed by atoms with E-state index in [4.69, 9.17) is 23.2 Å². The van der Waals surface area contributed by atoms with E-state index >= 15 is 0 Å². The Balaban J connectivity index is 2.89. The van der Waals surface area contributed by atoms with E-state index in [0.29, 0.717) is 16.5 Å². The van der Waals surface area contributed by atoms with Gasteiger partial charge in [0.15, 0.2) is 0 Å². The Morgan fingerprint density at radius 3 is 2.09 bits per heavy atom. The SMILES string of the molecule is [O]CCc1cc(Cl)cc(Cl)c1. The van der Waals surface area contributed by atoms with Gasteiger partial charge in [-0.05, 0) is 30.2 Å². The van der Waals surface area contributed by atoms with E-state index in [2.05, 4.69) is 0 Å². The number of benzene rings is 1. The standard InChI is InChI=1S/C8H7Cl2O/c9-7-3-6(1-2-11)4-8(10)5-7/h3-5H,1-2H2. The first-order valence-electron chi connectivity index (χ1n) is 3.25. The summed E-state index contributed by atoms with van der Waals surface area (Å²) in [7, 11) is 0. The van der Waals surface area contributed by atoms with Gasteiger partial charge < -0.3 is 0 Å². The average Bonchev–Trinajstić information content (AvgIpc) is 1.85. The Labute approximate surface area is 75.6 Å². The zero-order valence-electron chi connectivity index (χ0n) is 5.81. The molecule has 0 aliphatic heterocycles. The van der Waals surface area contributed by atoms with Gasteiger partial charge >= 0.3 is 0 Å². The fourth-order valence-electron chi connectivity index (χ4n) is 0.873. The van der Waals surface area contributed by atoms with Crippen LogP contribution in [0.5, 0.6) is 0 Å². The molecule has 0 aromatic heterocycles. The molecule has 0 amide bonds. The molecule has 1 aromatic rings. The zero-order chi connectivity index (χ0) is 8.27. The van der Waals surface area contributed by atoms with E-state index in [0.717, 1.165) is 5.56 Å². The van der Waals surface area contributed by atoms with Gasteiger partial charge in [0, 0.05) is 10.0 Å². The third kappa shape index (κ3) is 2.70. The van der Waals surface area contributed by atoms with Crippen molar-refractivity contribution >= 4 is 23.2 Å². The molecule has 1 nitrogen and oxygen atoms in total. The lowest BCUT2D eigenvalue weighted by molar-refractivity contribution is 0.197. The van der Waals surface area contributed by atoms with Crippen LogP contribution in [0, 0.1) is 0 Å². The molecule has 0 atom stereocenters. The van der Waals surface area contributed by atoms with E-state index in [1.807, 2.05) is 0 Å². The Kier molecular flexibility index (Phi) is 3.18. The van der Waals surface area contributed by atoms with Gasteiger partial charge in [-0.25, -0.2) is 5.11 Å². The normalized spacial score (nSPS) is 10.1. The predicted octanol–water partition coefficient (Wildman–Crippen LogP) is 2.97. The van der Waals surface area contributed by atoms with Crippen molar-refractivity contribution in [1.82, 2.24) is 0 Å². The van der Waals surface area contributed by atoms with Gasteiger partial charge in [-0.1, -0.05) is 23.2 Å². The molecule has 0 heterocycles. The average molecular weight is 190 g/mol. The summed E-state index contributed by atoms with van der Waals surface area (Å²) in [6.07, 6.45) is 0.486. The molecule has 3 heteroatoms. The summed E-state index contributed by atoms with van der Waals surface area (Å²) in [6.45, 7) is -0.128. The molecule has 59 valence electrons. The monoisotopic (exact) mass is 189 g/mol. The van der Waals surface area contributed by atoms with E-state index in [9.17, 15) is 5.11 Å². The first-order valence-corrected chi connectivity index (χ1v) is 4.01. The first kappa shape index (κ1) is 8.85. The van der Waals surface area contributed by atoms with Crippen molar-refractivity contribution < 1.29 is 5.11 Å². The topological polar surface area (TPSA) is 19.9 Å². The summed E-state index contributed by atoms with van der Waals surface area (Å²) in [5.74, 6) is 0. The first-order chi connectivity index (χ1) is 5.22. The van der Waals surface area contributed by atoms with Gasteiger partial charge in [0.25, 0.3) is 0 Å². The molecule has 0 fully saturated rings. The van der Waals surface area contributed by atoms with E-state index in [1.54, 1.807) is 18.2 Å². The van der Waals surface area contributed by atoms with E-state index in [-0.39, 0.29) is 6.61 Å². The smallest absolute Gasteiger partial charge is 0.0862 e. The minimum Gasteiger partial charge on any atom is -0.236 e. The molecule has 0 spiro atoms. The highest BCUT2D eigenvalue weighted by atomic mass is 35.5. The third-order valence-corrected chi connectivity index (χ3v) is 1.75. The van der Waals surface area contributed by atoms with Crippen LogP contribution in [0.15, 0.2) is 18.2 Å². The summed E-state index contributed by atoms with van der Waals surface area (Å²) >= 11 is 11.4. The predicted molar refractivity (Wildman–Crippen MR) is 45.7 cm³/mol. The maximum absolute atomic E-state index is 10.2. The molecule has 0 unspecified atom stereocenters. The van der Waals surface area contributed by atoms with Gasteiger partial charge in [-0.2, -0.15) is 0 Å². The van der Waals surface area contributed by atoms with Crippen LogP contribution in [0.4, 0.5) is 0 Å². The molecule has 0 saturated heterocycles. The summed E-state index contributed by atoms with van der Waals surface area (Å²) in [5.41, 5.74) is 0.900. The van der Waals surface area contributed by atoms with Crippen LogP contribution in [-0.4, -0.2) is 6.61 Å². The molecule has 1 rings (SSSR count). The lowest BCUT2D eigenvalue weighted by Gasteiger charge is -1.98. The second-order valence-corrected chi connectivity index (χ2v) is 3.10. The maximum atomic E-state index is 10.2. The van der Waals surface area contributed by atoms with Crippen molar-refractivity contribution in [2.24, 2.45) is 0 Å². The molecule has 0 aliphatic rings. The second kappa shape index (κ2) is 3.96. The quantitative estimate of drug-likeness (QED) is 0.683. The van der Waals surface area contributed by atoms with Crippen molar-refractivity contribution in [3.8, 4) is 0 Å². The zero-order valence-corrected chi connectivity index (χ0v) is 7.32. The second-order valence-electron chi connectivity index (χ2n) is 2.23. The summed E-state index contributed by atoms with van der Waals surface area (Å²) in [4.78, 5) is 0. The van der Waals surface area contributed by atoms with Gasteiger partial charge in [-0.15, -0.1) is 0 Å². The largest absolute Gasteiger partial charge is 0.236 e. The highest BCUT2D eigenvalue weighted by Crippen LogP contribution is 2.18. The van der Waals surface area contributed by atoms with Crippen molar-refractivity contribution in [1.29, 1.82) is 0 Å². The molecule has 0 saturated carbocycles. The molecular formula is C8H7Cl2O. The highest BCUT2D eigenvalue weighted by Gasteiger charge is 1.96. The lowest BCUT2D eigenvalue weighted by Crippen LogP contribution is -1.88. The van der Waals surface area contributed by atoms with Crippen molar-refractivity contribution in [3.63, 3.8) is 0 Å². The Morgan fingerprint density at radius 1 is 1.09 bits per heavy atom. The van der Waals surface area contributed by atoms with Crippen molar-refractivity contribution in [3.05, 3.63) is 33.8 Å². The molecule has 0 N–H and O–H groups in total. The molecule has 0 bridgehead atoms. The van der Waals surface area contributed by atoms with Crippen LogP contribution >= 0.6 is 23.2 Å². The minimum absolute atomic E-state index is 0.128. The maximum Gasteiger partial charge on any atom is 0.0862 e. The Morgan fingerprint density at radius 2 is 1.64 bits per heavy atom. The van der Waals surface area contributed by atoms with Gasteiger partial charge in [0.05, 0.1) is 6.61 Å². The van der Waals surface area contributed by atoms with Crippen LogP contribution in [0.2, 0.25) is 10.0 Å². The summed E-state index contributed by atoms with van der Waals surface area (Å²) in [6, 6.07) is 5.16. The Hall–Kier alpha value is -0.240. The minimum atomic E-state index is -0.128. The van der Waals surface area contributed by atoms with E-state index in [1.165, 1.54) is 0 Å². The fourth-order valence-corrected chi connectivity index (χ4v) is 1.44. The van der Waals surface area contributed by atoms with Crippen LogP contribution in [0.1, 0.15) is 5.56 Å². The molecule has 11 heavy (non-hydrogen) atoms. The molecule has 1 aromatic carbocycles. The van der Waals surface area contributed by atoms with Crippen molar-refractivity contribution in [2.75, 3.05) is 6.61 Å². The fraction of sp³-hybridized carbons (Fsp3) is 0.250. The number of halogens is 2. The summed E-state index contributed by atoms with van der Waals surface area (Å²) < 4.78 is 0. The molecule has 1 radical (unpaired) electrons. The van der Waals surface area contributed by atoms with Crippen LogP contribution in [-0.2, 0) is 11.5 Å². The van der Waals surface area contributed by atoms with Crippen LogP contribution in [0.25, 0.3) is 0 Å². The van der Waals surface area contributed by atoms with Crippen molar-refractivity contribution in [2.45, 2.75) is 6.42 Å². The van der Waals surface area contributed by atoms with E-state index < -0.39 is 0 Å². The highest BCUT2D eigenvalue weighted by molar-refractivity contribution is 6.34. The lowest BCUT2D eigenvalue weighted by atomic mass is 10.2. The third-order valence-electron chi connectivity index (χ3n) is 1.31. The van der Waals surface area contributed by atoms with Gasteiger partial charge in [0.1, 0.15) is 0 Å². The molecular weight excluding hydrogens is 183 g/mol. The van der Waals surface area contributed by atoms with Gasteiger partial charge in [-0.3, -0.25) is 0 Å². The van der Waals surface area contributed by atoms with Crippen LogP contribution < -0.4 is 0 Å². The van der Waals surface area contributed by atoms with Crippen LogP contribution in [0.3, 0.4) is 0 Å². The number of rotatable bonds is 2.